The maximum atomic E-state index is 5.51. The molecule has 100 valence electrons. The van der Waals surface area contributed by atoms with Gasteiger partial charge in [-0.25, -0.2) is 4.98 Å². The van der Waals surface area contributed by atoms with E-state index in [1.54, 1.807) is 12.3 Å². The zero-order valence-electron chi connectivity index (χ0n) is 11.9. The first-order valence-corrected chi connectivity index (χ1v) is 6.62. The average Bonchev–Trinajstić information content (AvgIpc) is 2.70. The molecular formula is C14H23N3O. The molecule has 0 aliphatic heterocycles. The van der Waals surface area contributed by atoms with Gasteiger partial charge in [-0.05, 0) is 17.3 Å². The lowest BCUT2D eigenvalue weighted by atomic mass is 10.0. The van der Waals surface area contributed by atoms with Gasteiger partial charge >= 0.3 is 0 Å². The molecule has 1 aromatic heterocycles. The average molecular weight is 249 g/mol. The van der Waals surface area contributed by atoms with Crippen LogP contribution in [0.4, 0.5) is 5.95 Å². The van der Waals surface area contributed by atoms with Gasteiger partial charge in [0.2, 0.25) is 11.8 Å². The second kappa shape index (κ2) is 4.41. The monoisotopic (exact) mass is 249 g/mol. The Bertz CT molecular complexity index is 415. The van der Waals surface area contributed by atoms with E-state index in [1.165, 1.54) is 0 Å². The molecule has 0 radical (unpaired) electrons. The predicted molar refractivity (Wildman–Crippen MR) is 72.8 cm³/mol. The van der Waals surface area contributed by atoms with Gasteiger partial charge in [0.05, 0.1) is 6.61 Å². The molecule has 1 N–H and O–H groups in total. The Morgan fingerprint density at radius 3 is 2.50 bits per heavy atom. The largest absolute Gasteiger partial charge is 0.478 e. The number of anilines is 1. The third-order valence-corrected chi connectivity index (χ3v) is 4.38. The van der Waals surface area contributed by atoms with E-state index in [-0.39, 0.29) is 10.8 Å². The second-order valence-corrected chi connectivity index (χ2v) is 6.09. The van der Waals surface area contributed by atoms with Crippen molar-refractivity contribution in [2.24, 2.45) is 10.8 Å². The normalized spacial score (nSPS) is 20.5. The van der Waals surface area contributed by atoms with Gasteiger partial charge in [0.25, 0.3) is 0 Å². The molecule has 0 atom stereocenters. The van der Waals surface area contributed by atoms with Crippen molar-refractivity contribution in [3.05, 3.63) is 12.3 Å². The summed E-state index contributed by atoms with van der Waals surface area (Å²) in [5, 5.41) is 3.41. The standard InChI is InChI=1S/C14H23N3O/c1-6-9-18-10-7-8-15-12(16-10)17-11-13(2,3)14(11,4)5/h7-8,11H,6,9H2,1-5H3,(H,15,16,17). The zero-order valence-corrected chi connectivity index (χ0v) is 11.9. The molecular weight excluding hydrogens is 226 g/mol. The van der Waals surface area contributed by atoms with Crippen molar-refractivity contribution in [3.8, 4) is 5.88 Å². The Morgan fingerprint density at radius 1 is 1.28 bits per heavy atom. The lowest BCUT2D eigenvalue weighted by molar-refractivity contribution is 0.305. The summed E-state index contributed by atoms with van der Waals surface area (Å²) < 4.78 is 5.51. The highest BCUT2D eigenvalue weighted by molar-refractivity contribution is 5.37. The summed E-state index contributed by atoms with van der Waals surface area (Å²) in [5.74, 6) is 1.30. The van der Waals surface area contributed by atoms with Crippen LogP contribution in [0.15, 0.2) is 12.3 Å². The molecule has 1 aliphatic rings. The van der Waals surface area contributed by atoms with E-state index < -0.39 is 0 Å². The lowest BCUT2D eigenvalue weighted by Gasteiger charge is -2.08. The highest BCUT2D eigenvalue weighted by Gasteiger charge is 2.65. The molecule has 0 unspecified atom stereocenters. The molecule has 0 bridgehead atoms. The van der Waals surface area contributed by atoms with Crippen LogP contribution in [-0.2, 0) is 0 Å². The minimum absolute atomic E-state index is 0.274. The molecule has 0 saturated heterocycles. The number of ether oxygens (including phenoxy) is 1. The zero-order chi connectivity index (χ0) is 13.4. The fourth-order valence-corrected chi connectivity index (χ4v) is 2.39. The van der Waals surface area contributed by atoms with Crippen LogP contribution in [0.3, 0.4) is 0 Å². The predicted octanol–water partition coefficient (Wildman–Crippen LogP) is 3.11. The van der Waals surface area contributed by atoms with Crippen molar-refractivity contribution < 1.29 is 4.74 Å². The van der Waals surface area contributed by atoms with E-state index in [1.807, 2.05) is 0 Å². The molecule has 0 amide bonds. The van der Waals surface area contributed by atoms with Crippen molar-refractivity contribution in [1.82, 2.24) is 9.97 Å². The highest BCUT2D eigenvalue weighted by Crippen LogP contribution is 2.63. The van der Waals surface area contributed by atoms with Crippen molar-refractivity contribution in [2.75, 3.05) is 11.9 Å². The summed E-state index contributed by atoms with van der Waals surface area (Å²) in [6.45, 7) is 11.8. The quantitative estimate of drug-likeness (QED) is 0.871. The van der Waals surface area contributed by atoms with Gasteiger partial charge in [-0.15, -0.1) is 0 Å². The molecule has 18 heavy (non-hydrogen) atoms. The van der Waals surface area contributed by atoms with E-state index in [9.17, 15) is 0 Å². The number of hydrogen-bond donors (Lipinski definition) is 1. The summed E-state index contributed by atoms with van der Waals surface area (Å²) >= 11 is 0. The smallest absolute Gasteiger partial charge is 0.226 e. The molecule has 1 heterocycles. The molecule has 0 aromatic carbocycles. The van der Waals surface area contributed by atoms with E-state index in [4.69, 9.17) is 4.74 Å². The Morgan fingerprint density at radius 2 is 1.94 bits per heavy atom. The number of hydrogen-bond acceptors (Lipinski definition) is 4. The summed E-state index contributed by atoms with van der Waals surface area (Å²) in [5.41, 5.74) is 0.549. The fourth-order valence-electron chi connectivity index (χ4n) is 2.39. The van der Waals surface area contributed by atoms with Gasteiger partial charge in [0, 0.05) is 18.3 Å². The van der Waals surface area contributed by atoms with Gasteiger partial charge < -0.3 is 10.1 Å². The molecule has 1 aromatic rings. The van der Waals surface area contributed by atoms with Crippen molar-refractivity contribution in [1.29, 1.82) is 0 Å². The van der Waals surface area contributed by atoms with E-state index >= 15 is 0 Å². The first-order chi connectivity index (χ1) is 8.39. The summed E-state index contributed by atoms with van der Waals surface area (Å²) in [6.07, 6.45) is 2.72. The molecule has 1 fully saturated rings. The van der Waals surface area contributed by atoms with E-state index in [0.717, 1.165) is 6.42 Å². The first kappa shape index (κ1) is 13.1. The van der Waals surface area contributed by atoms with Gasteiger partial charge in [-0.3, -0.25) is 0 Å². The van der Waals surface area contributed by atoms with Gasteiger partial charge in [0.1, 0.15) is 0 Å². The Kier molecular flexibility index (Phi) is 3.21. The van der Waals surface area contributed by atoms with Gasteiger partial charge in [-0.1, -0.05) is 34.6 Å². The highest BCUT2D eigenvalue weighted by atomic mass is 16.5. The minimum Gasteiger partial charge on any atom is -0.478 e. The first-order valence-electron chi connectivity index (χ1n) is 6.62. The fraction of sp³-hybridized carbons (Fsp3) is 0.714. The van der Waals surface area contributed by atoms with Crippen molar-refractivity contribution in [3.63, 3.8) is 0 Å². The van der Waals surface area contributed by atoms with Crippen molar-refractivity contribution >= 4 is 5.95 Å². The van der Waals surface area contributed by atoms with Crippen LogP contribution in [0.25, 0.3) is 0 Å². The van der Waals surface area contributed by atoms with E-state index in [2.05, 4.69) is 49.9 Å². The van der Waals surface area contributed by atoms with Gasteiger partial charge in [-0.2, -0.15) is 4.98 Å². The lowest BCUT2D eigenvalue weighted by Crippen LogP contribution is -2.13. The summed E-state index contributed by atoms with van der Waals surface area (Å²) in [7, 11) is 0. The van der Waals surface area contributed by atoms with Crippen LogP contribution in [0, 0.1) is 10.8 Å². The maximum Gasteiger partial charge on any atom is 0.226 e. The third-order valence-electron chi connectivity index (χ3n) is 4.38. The Labute approximate surface area is 109 Å². The molecule has 2 rings (SSSR count). The van der Waals surface area contributed by atoms with Crippen LogP contribution >= 0.6 is 0 Å². The SMILES string of the molecule is CCCOc1ccnc(NC2C(C)(C)C2(C)C)n1. The molecule has 4 nitrogen and oxygen atoms in total. The molecule has 1 saturated carbocycles. The van der Waals surface area contributed by atoms with Crippen LogP contribution < -0.4 is 10.1 Å². The third kappa shape index (κ3) is 2.16. The molecule has 0 spiro atoms. The minimum atomic E-state index is 0.274. The number of aromatic nitrogens is 2. The molecule has 4 heteroatoms. The number of nitrogens with one attached hydrogen (secondary N) is 1. The van der Waals surface area contributed by atoms with Gasteiger partial charge in [0.15, 0.2) is 0 Å². The van der Waals surface area contributed by atoms with Crippen LogP contribution in [0.1, 0.15) is 41.0 Å². The number of rotatable bonds is 5. The summed E-state index contributed by atoms with van der Waals surface area (Å²) in [6, 6.07) is 2.20. The Hall–Kier alpha value is -1.32. The second-order valence-electron chi connectivity index (χ2n) is 6.09. The maximum absolute atomic E-state index is 5.51. The van der Waals surface area contributed by atoms with Crippen LogP contribution in [0.2, 0.25) is 0 Å². The summed E-state index contributed by atoms with van der Waals surface area (Å²) in [4.78, 5) is 8.63. The Balaban J connectivity index is 2.03. The topological polar surface area (TPSA) is 47.0 Å². The van der Waals surface area contributed by atoms with Crippen molar-refractivity contribution in [2.45, 2.75) is 47.1 Å². The number of nitrogens with zero attached hydrogens (tertiary/aromatic N) is 2. The molecule has 1 aliphatic carbocycles. The van der Waals surface area contributed by atoms with Crippen LogP contribution in [0.5, 0.6) is 5.88 Å². The van der Waals surface area contributed by atoms with Crippen LogP contribution in [-0.4, -0.2) is 22.6 Å². The van der Waals surface area contributed by atoms with E-state index in [0.29, 0.717) is 24.5 Å².